The van der Waals surface area contributed by atoms with Crippen LogP contribution < -0.4 is 11.0 Å². The Balaban J connectivity index is 1.77. The predicted molar refractivity (Wildman–Crippen MR) is 68.9 cm³/mol. The van der Waals surface area contributed by atoms with Gasteiger partial charge >= 0.3 is 5.69 Å². The van der Waals surface area contributed by atoms with Gasteiger partial charge in [-0.05, 0) is 12.8 Å². The predicted octanol–water partition coefficient (Wildman–Crippen LogP) is -0.593. The molecule has 1 fully saturated rings. The fourth-order valence-electron chi connectivity index (χ4n) is 2.13. The first kappa shape index (κ1) is 12.2. The molecule has 8 nitrogen and oxygen atoms in total. The van der Waals surface area contributed by atoms with Crippen LogP contribution in [0.1, 0.15) is 12.8 Å². The van der Waals surface area contributed by atoms with E-state index in [1.807, 2.05) is 0 Å². The molecule has 1 saturated heterocycles. The summed E-state index contributed by atoms with van der Waals surface area (Å²) in [6.07, 6.45) is 2.54. The van der Waals surface area contributed by atoms with E-state index in [4.69, 9.17) is 0 Å². The van der Waals surface area contributed by atoms with Crippen molar-refractivity contribution in [2.45, 2.75) is 18.9 Å². The van der Waals surface area contributed by atoms with Crippen LogP contribution in [-0.4, -0.2) is 45.5 Å². The fraction of sp³-hybridized carbons (Fsp3) is 0.500. The van der Waals surface area contributed by atoms with Crippen LogP contribution in [0.25, 0.3) is 5.65 Å². The zero-order valence-electron chi connectivity index (χ0n) is 10.0. The molecule has 2 aromatic heterocycles. The first-order valence-electron chi connectivity index (χ1n) is 5.93. The Hall–Kier alpha value is -1.90. The van der Waals surface area contributed by atoms with Crippen molar-refractivity contribution in [3.63, 3.8) is 0 Å². The van der Waals surface area contributed by atoms with Crippen LogP contribution in [0.3, 0.4) is 0 Å². The molecule has 1 aliphatic rings. The molecule has 0 aromatic carbocycles. The largest absolute Gasteiger partial charge is 0.367 e. The van der Waals surface area contributed by atoms with Gasteiger partial charge in [-0.25, -0.2) is 27.7 Å². The van der Waals surface area contributed by atoms with Crippen molar-refractivity contribution in [2.75, 3.05) is 16.8 Å². The molecule has 0 amide bonds. The molecule has 0 unspecified atom stereocenters. The average Bonchev–Trinajstić information content (AvgIpc) is 2.74. The Kier molecular flexibility index (Phi) is 2.77. The number of aromatic amines is 1. The van der Waals surface area contributed by atoms with Crippen LogP contribution >= 0.6 is 0 Å². The van der Waals surface area contributed by atoms with Gasteiger partial charge in [-0.15, -0.1) is 0 Å². The van der Waals surface area contributed by atoms with Gasteiger partial charge in [-0.3, -0.25) is 0 Å². The molecule has 0 atom stereocenters. The van der Waals surface area contributed by atoms with E-state index in [9.17, 15) is 13.2 Å². The van der Waals surface area contributed by atoms with Crippen molar-refractivity contribution < 1.29 is 8.42 Å². The van der Waals surface area contributed by atoms with E-state index < -0.39 is 9.84 Å². The lowest BCUT2D eigenvalue weighted by molar-refractivity contribution is 0.559. The molecule has 0 spiro atoms. The summed E-state index contributed by atoms with van der Waals surface area (Å²) in [7, 11) is -2.86. The van der Waals surface area contributed by atoms with Gasteiger partial charge in [0.25, 0.3) is 0 Å². The number of nitrogens with zero attached hydrogens (tertiary/aromatic N) is 3. The minimum Gasteiger partial charge on any atom is -0.367 e. The van der Waals surface area contributed by atoms with Gasteiger partial charge in [-0.1, -0.05) is 0 Å². The summed E-state index contributed by atoms with van der Waals surface area (Å²) >= 11 is 0. The summed E-state index contributed by atoms with van der Waals surface area (Å²) in [6.45, 7) is 0. The molecule has 1 aliphatic heterocycles. The summed E-state index contributed by atoms with van der Waals surface area (Å²) in [5.74, 6) is 1.000. The quantitative estimate of drug-likeness (QED) is 0.762. The van der Waals surface area contributed by atoms with Gasteiger partial charge in [0, 0.05) is 12.1 Å². The highest BCUT2D eigenvalue weighted by Crippen LogP contribution is 2.16. The van der Waals surface area contributed by atoms with E-state index in [1.165, 1.54) is 10.7 Å². The van der Waals surface area contributed by atoms with Crippen molar-refractivity contribution in [1.29, 1.82) is 0 Å². The fourth-order valence-corrected chi connectivity index (χ4v) is 3.62. The normalized spacial score (nSPS) is 19.6. The number of anilines is 1. The van der Waals surface area contributed by atoms with Gasteiger partial charge in [0.15, 0.2) is 5.65 Å². The second-order valence-electron chi connectivity index (χ2n) is 4.60. The summed E-state index contributed by atoms with van der Waals surface area (Å²) in [5, 5.41) is 9.35. The lowest BCUT2D eigenvalue weighted by atomic mass is 10.1. The molecule has 3 heterocycles. The average molecular weight is 283 g/mol. The minimum absolute atomic E-state index is 0.0872. The summed E-state index contributed by atoms with van der Waals surface area (Å²) in [4.78, 5) is 15.4. The zero-order chi connectivity index (χ0) is 13.5. The Morgan fingerprint density at radius 1 is 1.37 bits per heavy atom. The van der Waals surface area contributed by atoms with Crippen molar-refractivity contribution in [2.24, 2.45) is 0 Å². The maximum absolute atomic E-state index is 11.3. The molecule has 0 bridgehead atoms. The Labute approximate surface area is 108 Å². The van der Waals surface area contributed by atoms with E-state index in [0.717, 1.165) is 0 Å². The van der Waals surface area contributed by atoms with Crippen LogP contribution in [0.4, 0.5) is 5.82 Å². The van der Waals surface area contributed by atoms with Gasteiger partial charge in [-0.2, -0.15) is 5.10 Å². The molecule has 0 saturated carbocycles. The van der Waals surface area contributed by atoms with Crippen LogP contribution in [0.2, 0.25) is 0 Å². The third kappa shape index (κ3) is 2.46. The van der Waals surface area contributed by atoms with Crippen LogP contribution in [0, 0.1) is 0 Å². The number of rotatable bonds is 2. The number of hydrogen-bond acceptors (Lipinski definition) is 6. The Morgan fingerprint density at radius 3 is 2.84 bits per heavy atom. The molecule has 19 heavy (non-hydrogen) atoms. The number of hydrogen-bond donors (Lipinski definition) is 2. The van der Waals surface area contributed by atoms with Gasteiger partial charge in [0.2, 0.25) is 0 Å². The Morgan fingerprint density at radius 2 is 2.11 bits per heavy atom. The van der Waals surface area contributed by atoms with E-state index >= 15 is 0 Å². The maximum Gasteiger partial charge on any atom is 0.348 e. The highest BCUT2D eigenvalue weighted by molar-refractivity contribution is 7.91. The van der Waals surface area contributed by atoms with Crippen LogP contribution in [0.15, 0.2) is 17.2 Å². The van der Waals surface area contributed by atoms with Gasteiger partial charge < -0.3 is 5.32 Å². The molecular formula is C10H13N5O3S. The Bertz CT molecular complexity index is 749. The zero-order valence-corrected chi connectivity index (χ0v) is 10.9. The van der Waals surface area contributed by atoms with Crippen molar-refractivity contribution in [1.82, 2.24) is 19.6 Å². The molecule has 0 radical (unpaired) electrons. The molecule has 2 N–H and O–H groups in total. The number of H-pyrrole nitrogens is 1. The standard InChI is InChI=1S/C10H13N5O3S/c16-10-14-13-9-5-8(11-6-15(9)10)12-7-1-3-19(17,18)4-2-7/h5-7,12H,1-4H2,(H,14,16). The minimum atomic E-state index is -2.86. The summed E-state index contributed by atoms with van der Waals surface area (Å²) < 4.78 is 24.0. The highest BCUT2D eigenvalue weighted by atomic mass is 32.2. The summed E-state index contributed by atoms with van der Waals surface area (Å²) in [6, 6.07) is 1.74. The monoisotopic (exact) mass is 283 g/mol. The summed E-state index contributed by atoms with van der Waals surface area (Å²) in [5.41, 5.74) is 0.142. The molecule has 102 valence electrons. The van der Waals surface area contributed by atoms with E-state index in [1.54, 1.807) is 6.07 Å². The first-order valence-corrected chi connectivity index (χ1v) is 7.75. The van der Waals surface area contributed by atoms with Gasteiger partial charge in [0.1, 0.15) is 22.0 Å². The second-order valence-corrected chi connectivity index (χ2v) is 6.91. The number of fused-ring (bicyclic) bond motifs is 1. The topological polar surface area (TPSA) is 109 Å². The van der Waals surface area contributed by atoms with E-state index in [2.05, 4.69) is 20.5 Å². The van der Waals surface area contributed by atoms with E-state index in [-0.39, 0.29) is 23.2 Å². The number of sulfone groups is 1. The molecular weight excluding hydrogens is 270 g/mol. The van der Waals surface area contributed by atoms with Gasteiger partial charge in [0.05, 0.1) is 11.5 Å². The van der Waals surface area contributed by atoms with Crippen LogP contribution in [0.5, 0.6) is 0 Å². The SMILES string of the molecule is O=c1[nH]nc2cc(NC3CCS(=O)(=O)CC3)ncn12. The smallest absolute Gasteiger partial charge is 0.348 e. The maximum atomic E-state index is 11.3. The van der Waals surface area contributed by atoms with Crippen molar-refractivity contribution >= 4 is 21.3 Å². The third-order valence-corrected chi connectivity index (χ3v) is 4.93. The van der Waals surface area contributed by atoms with Crippen molar-refractivity contribution in [3.8, 4) is 0 Å². The molecule has 0 aliphatic carbocycles. The lowest BCUT2D eigenvalue weighted by Crippen LogP contribution is -2.32. The van der Waals surface area contributed by atoms with E-state index in [0.29, 0.717) is 24.3 Å². The number of aromatic nitrogens is 4. The third-order valence-electron chi connectivity index (χ3n) is 3.22. The number of nitrogens with one attached hydrogen (secondary N) is 2. The van der Waals surface area contributed by atoms with Crippen molar-refractivity contribution in [3.05, 3.63) is 22.9 Å². The first-order chi connectivity index (χ1) is 9.03. The highest BCUT2D eigenvalue weighted by Gasteiger charge is 2.23. The molecule has 3 rings (SSSR count). The lowest BCUT2D eigenvalue weighted by Gasteiger charge is -2.23. The molecule has 9 heteroatoms. The second kappa shape index (κ2) is 4.34. The molecule has 2 aromatic rings. The van der Waals surface area contributed by atoms with Crippen LogP contribution in [-0.2, 0) is 9.84 Å².